The Labute approximate surface area is 248 Å². The number of halogens is 4. The van der Waals surface area contributed by atoms with Gasteiger partial charge in [-0.25, -0.2) is 9.59 Å². The Morgan fingerprint density at radius 3 is 2.23 bits per heavy atom. The van der Waals surface area contributed by atoms with Crippen LogP contribution < -0.4 is 10.6 Å². The summed E-state index contributed by atoms with van der Waals surface area (Å²) in [5.74, 6) is -2.23. The number of amides is 2. The van der Waals surface area contributed by atoms with E-state index in [0.717, 1.165) is 24.3 Å². The number of alkyl carbamates (subject to hydrolysis) is 1. The zero-order valence-electron chi connectivity index (χ0n) is 22.7. The zero-order chi connectivity index (χ0) is 31.4. The van der Waals surface area contributed by atoms with Crippen LogP contribution in [0.25, 0.3) is 11.3 Å². The summed E-state index contributed by atoms with van der Waals surface area (Å²) in [6.07, 6.45) is -4.55. The lowest BCUT2D eigenvalue weighted by atomic mass is 9.90. The molecule has 9 nitrogen and oxygen atoms in total. The maximum Gasteiger partial charge on any atom is 0.416 e. The Hall–Kier alpha value is -4.84. The van der Waals surface area contributed by atoms with Crippen molar-refractivity contribution in [2.45, 2.75) is 38.2 Å². The van der Waals surface area contributed by atoms with Crippen molar-refractivity contribution >= 4 is 29.6 Å². The molecule has 4 rings (SSSR count). The lowest BCUT2D eigenvalue weighted by Gasteiger charge is -2.27. The molecule has 43 heavy (non-hydrogen) atoms. The van der Waals surface area contributed by atoms with Crippen molar-refractivity contribution in [1.29, 1.82) is 0 Å². The lowest BCUT2D eigenvalue weighted by molar-refractivity contribution is -0.144. The topological polar surface area (TPSA) is 131 Å². The highest BCUT2D eigenvalue weighted by atomic mass is 35.5. The number of alkyl halides is 3. The van der Waals surface area contributed by atoms with E-state index in [-0.39, 0.29) is 17.7 Å². The fraction of sp³-hybridized carbons (Fsp3) is 0.200. The summed E-state index contributed by atoms with van der Waals surface area (Å²) >= 11 is 6.15. The van der Waals surface area contributed by atoms with Crippen molar-refractivity contribution in [2.75, 3.05) is 0 Å². The Balaban J connectivity index is 1.42. The number of carboxylic acids is 1. The van der Waals surface area contributed by atoms with Gasteiger partial charge in [0.15, 0.2) is 5.54 Å². The third-order valence-corrected chi connectivity index (χ3v) is 7.04. The summed E-state index contributed by atoms with van der Waals surface area (Å²) in [7, 11) is 0. The molecule has 0 aliphatic rings. The van der Waals surface area contributed by atoms with Gasteiger partial charge in [0.05, 0.1) is 12.1 Å². The maximum absolute atomic E-state index is 13.0. The third kappa shape index (κ3) is 7.15. The Bertz CT molecular complexity index is 1620. The summed E-state index contributed by atoms with van der Waals surface area (Å²) in [5.41, 5.74) is -0.839. The van der Waals surface area contributed by atoms with E-state index in [2.05, 4.69) is 15.8 Å². The Morgan fingerprint density at radius 1 is 1.00 bits per heavy atom. The molecule has 0 saturated carbocycles. The zero-order valence-corrected chi connectivity index (χ0v) is 23.5. The van der Waals surface area contributed by atoms with Crippen LogP contribution in [0.15, 0.2) is 83.6 Å². The first-order chi connectivity index (χ1) is 20.3. The Morgan fingerprint density at radius 2 is 1.63 bits per heavy atom. The molecule has 2 amide bonds. The molecule has 0 aliphatic carbocycles. The van der Waals surface area contributed by atoms with Crippen LogP contribution in [0.2, 0.25) is 5.02 Å². The molecule has 13 heteroatoms. The second-order valence-corrected chi connectivity index (χ2v) is 10.1. The van der Waals surface area contributed by atoms with E-state index in [9.17, 15) is 32.7 Å². The van der Waals surface area contributed by atoms with Gasteiger partial charge in [0.2, 0.25) is 0 Å². The fourth-order valence-corrected chi connectivity index (χ4v) is 4.47. The molecule has 2 unspecified atom stereocenters. The molecule has 224 valence electrons. The quantitative estimate of drug-likeness (QED) is 0.190. The van der Waals surface area contributed by atoms with E-state index in [1.165, 1.54) is 25.3 Å². The van der Waals surface area contributed by atoms with E-state index in [1.54, 1.807) is 43.3 Å². The number of hydrogen-bond donors (Lipinski definition) is 3. The molecule has 1 aromatic heterocycles. The minimum absolute atomic E-state index is 0.0131. The van der Waals surface area contributed by atoms with Gasteiger partial charge in [0.1, 0.15) is 18.1 Å². The van der Waals surface area contributed by atoms with Crippen LogP contribution in [0.3, 0.4) is 0 Å². The number of benzene rings is 3. The predicted molar refractivity (Wildman–Crippen MR) is 149 cm³/mol. The highest BCUT2D eigenvalue weighted by Crippen LogP contribution is 2.32. The number of aromatic nitrogens is 1. The van der Waals surface area contributed by atoms with Gasteiger partial charge in [-0.2, -0.15) is 13.2 Å². The summed E-state index contributed by atoms with van der Waals surface area (Å²) in [6, 6.07) is 16.4. The molecule has 1 heterocycles. The van der Waals surface area contributed by atoms with Gasteiger partial charge in [-0.3, -0.25) is 4.79 Å². The monoisotopic (exact) mass is 615 g/mol. The molecule has 3 aromatic carbocycles. The average molecular weight is 616 g/mol. The highest BCUT2D eigenvalue weighted by Gasteiger charge is 2.38. The number of ether oxygens (including phenoxy) is 1. The number of hydrogen-bond acceptors (Lipinski definition) is 6. The molecule has 0 radical (unpaired) electrons. The molecule has 0 saturated heterocycles. The van der Waals surface area contributed by atoms with Gasteiger partial charge in [0.25, 0.3) is 5.91 Å². The van der Waals surface area contributed by atoms with Crippen LogP contribution in [-0.2, 0) is 27.8 Å². The first kappa shape index (κ1) is 31.1. The van der Waals surface area contributed by atoms with E-state index in [1.807, 2.05) is 0 Å². The molecule has 0 fully saturated rings. The van der Waals surface area contributed by atoms with Crippen LogP contribution in [0.4, 0.5) is 18.0 Å². The van der Waals surface area contributed by atoms with Crippen LogP contribution in [0.5, 0.6) is 0 Å². The minimum atomic E-state index is -4.60. The molecular weight excluding hydrogens is 591 g/mol. The Kier molecular flexibility index (Phi) is 9.10. The average Bonchev–Trinajstić information content (AvgIpc) is 3.44. The van der Waals surface area contributed by atoms with Crippen molar-refractivity contribution in [1.82, 2.24) is 15.8 Å². The van der Waals surface area contributed by atoms with Gasteiger partial charge in [0, 0.05) is 27.3 Å². The minimum Gasteiger partial charge on any atom is -0.479 e. The smallest absolute Gasteiger partial charge is 0.416 e. The predicted octanol–water partition coefficient (Wildman–Crippen LogP) is 6.73. The molecule has 4 aromatic rings. The maximum atomic E-state index is 13.0. The largest absolute Gasteiger partial charge is 0.479 e. The first-order valence-corrected chi connectivity index (χ1v) is 13.1. The molecule has 3 N–H and O–H groups in total. The molecular formula is C30H25ClF3N3O6. The molecule has 0 spiro atoms. The SMILES string of the molecule is CC(OC(=O)NCc1conc1-c1ccc(C(=O)NC(C)(C(=O)O)c2ccc(C(F)(F)F)cc2)cc1)c1ccccc1Cl. The number of nitrogens with zero attached hydrogens (tertiary/aromatic N) is 1. The molecule has 2 atom stereocenters. The number of carbonyl (C=O) groups excluding carboxylic acids is 2. The lowest BCUT2D eigenvalue weighted by Crippen LogP contribution is -2.49. The van der Waals surface area contributed by atoms with Crippen molar-refractivity contribution < 1.29 is 41.9 Å². The molecule has 0 bridgehead atoms. The third-order valence-electron chi connectivity index (χ3n) is 6.69. The van der Waals surface area contributed by atoms with E-state index in [0.29, 0.717) is 27.4 Å². The van der Waals surface area contributed by atoms with E-state index in [4.69, 9.17) is 20.9 Å². The van der Waals surface area contributed by atoms with Gasteiger partial charge in [-0.1, -0.05) is 59.2 Å². The van der Waals surface area contributed by atoms with Crippen molar-refractivity contribution in [3.63, 3.8) is 0 Å². The highest BCUT2D eigenvalue weighted by molar-refractivity contribution is 6.31. The summed E-state index contributed by atoms with van der Waals surface area (Å²) in [6.45, 7) is 2.88. The number of nitrogens with one attached hydrogen (secondary N) is 2. The first-order valence-electron chi connectivity index (χ1n) is 12.8. The second kappa shape index (κ2) is 12.6. The van der Waals surface area contributed by atoms with Crippen LogP contribution in [-0.4, -0.2) is 28.2 Å². The number of aliphatic carboxylic acids is 1. The number of rotatable bonds is 9. The van der Waals surface area contributed by atoms with Gasteiger partial charge in [-0.15, -0.1) is 0 Å². The van der Waals surface area contributed by atoms with E-state index >= 15 is 0 Å². The van der Waals surface area contributed by atoms with Gasteiger partial charge >= 0.3 is 18.2 Å². The summed E-state index contributed by atoms with van der Waals surface area (Å²) < 4.78 is 49.3. The van der Waals surface area contributed by atoms with Crippen LogP contribution in [0.1, 0.15) is 52.6 Å². The van der Waals surface area contributed by atoms with Crippen molar-refractivity contribution in [2.24, 2.45) is 0 Å². The van der Waals surface area contributed by atoms with Gasteiger partial charge in [-0.05, 0) is 49.7 Å². The normalized spacial score (nSPS) is 13.4. The number of carbonyl (C=O) groups is 3. The van der Waals surface area contributed by atoms with Crippen LogP contribution >= 0.6 is 11.6 Å². The van der Waals surface area contributed by atoms with E-state index < -0.39 is 41.4 Å². The standard InChI is InChI=1S/C30H25ClF3N3O6/c1-17(23-5-3-4-6-24(23)31)43-28(41)35-15-20-16-42-37-25(20)18-7-9-19(10-8-18)26(38)36-29(2,27(39)40)21-11-13-22(14-12-21)30(32,33)34/h3-14,16-17H,15H2,1-2H3,(H,35,41)(H,36,38)(H,39,40). The van der Waals surface area contributed by atoms with Crippen molar-refractivity contribution in [3.8, 4) is 11.3 Å². The summed E-state index contributed by atoms with van der Waals surface area (Å²) in [5, 5.41) is 19.3. The van der Waals surface area contributed by atoms with Crippen molar-refractivity contribution in [3.05, 3.63) is 112 Å². The van der Waals surface area contributed by atoms with Crippen LogP contribution in [0, 0.1) is 0 Å². The fourth-order valence-electron chi connectivity index (χ4n) is 4.18. The molecule has 0 aliphatic heterocycles. The summed E-state index contributed by atoms with van der Waals surface area (Å²) in [4.78, 5) is 37.4. The van der Waals surface area contributed by atoms with Gasteiger partial charge < -0.3 is 25.0 Å². The number of carboxylic acid groups (broad SMARTS) is 1. The second-order valence-electron chi connectivity index (χ2n) is 9.65.